The molecule has 0 saturated heterocycles. The molecule has 1 heterocycles. The summed E-state index contributed by atoms with van der Waals surface area (Å²) in [4.78, 5) is 0. The summed E-state index contributed by atoms with van der Waals surface area (Å²) < 4.78 is 2.41. The SMILES string of the molecule is Cc1ccccc1-c1ccc(-n2c3ccccc3c3ccc4ccccc4c32)cc1. The third-order valence-corrected chi connectivity index (χ3v) is 6.14. The maximum Gasteiger partial charge on any atom is 0.0619 e. The van der Waals surface area contributed by atoms with Gasteiger partial charge in [-0.05, 0) is 47.2 Å². The van der Waals surface area contributed by atoms with Crippen molar-refractivity contribution in [2.45, 2.75) is 6.92 Å². The van der Waals surface area contributed by atoms with Crippen LogP contribution in [0.3, 0.4) is 0 Å². The van der Waals surface area contributed by atoms with E-state index in [0.29, 0.717) is 0 Å². The maximum atomic E-state index is 2.41. The van der Waals surface area contributed by atoms with E-state index in [-0.39, 0.29) is 0 Å². The predicted molar refractivity (Wildman–Crippen MR) is 128 cm³/mol. The Labute approximate surface area is 175 Å². The Morgan fingerprint density at radius 2 is 1.23 bits per heavy atom. The summed E-state index contributed by atoms with van der Waals surface area (Å²) in [6.45, 7) is 2.17. The second-order valence-corrected chi connectivity index (χ2v) is 7.90. The molecule has 0 spiro atoms. The van der Waals surface area contributed by atoms with Gasteiger partial charge in [-0.15, -0.1) is 0 Å². The Morgan fingerprint density at radius 1 is 0.533 bits per heavy atom. The van der Waals surface area contributed by atoms with Crippen molar-refractivity contribution in [3.63, 3.8) is 0 Å². The van der Waals surface area contributed by atoms with Gasteiger partial charge in [-0.1, -0.05) is 91.0 Å². The van der Waals surface area contributed by atoms with E-state index in [0.717, 1.165) is 0 Å². The zero-order valence-corrected chi connectivity index (χ0v) is 16.8. The number of para-hydroxylation sites is 1. The van der Waals surface area contributed by atoms with Crippen LogP contribution in [0, 0.1) is 6.92 Å². The molecule has 0 aliphatic heterocycles. The van der Waals surface area contributed by atoms with Crippen LogP contribution in [0.25, 0.3) is 49.4 Å². The normalized spacial score (nSPS) is 11.5. The van der Waals surface area contributed by atoms with E-state index in [9.17, 15) is 0 Å². The second kappa shape index (κ2) is 6.60. The molecule has 6 aromatic rings. The largest absolute Gasteiger partial charge is 0.309 e. The number of aryl methyl sites for hydroxylation is 1. The van der Waals surface area contributed by atoms with Crippen molar-refractivity contribution in [2.24, 2.45) is 0 Å². The lowest BCUT2D eigenvalue weighted by Crippen LogP contribution is -1.94. The summed E-state index contributed by atoms with van der Waals surface area (Å²) in [5.74, 6) is 0. The lowest BCUT2D eigenvalue weighted by atomic mass is 10.0. The predicted octanol–water partition coefficient (Wildman–Crippen LogP) is 7.91. The molecule has 30 heavy (non-hydrogen) atoms. The topological polar surface area (TPSA) is 4.93 Å². The van der Waals surface area contributed by atoms with Crippen molar-refractivity contribution in [1.29, 1.82) is 0 Å². The molecule has 5 aromatic carbocycles. The van der Waals surface area contributed by atoms with E-state index in [2.05, 4.69) is 121 Å². The van der Waals surface area contributed by atoms with Crippen LogP contribution in [-0.4, -0.2) is 4.57 Å². The molecule has 0 radical (unpaired) electrons. The van der Waals surface area contributed by atoms with E-state index < -0.39 is 0 Å². The summed E-state index contributed by atoms with van der Waals surface area (Å²) >= 11 is 0. The van der Waals surface area contributed by atoms with Gasteiger partial charge in [0.1, 0.15) is 0 Å². The van der Waals surface area contributed by atoms with Crippen molar-refractivity contribution < 1.29 is 0 Å². The third kappa shape index (κ3) is 2.49. The summed E-state index contributed by atoms with van der Waals surface area (Å²) in [5.41, 5.74) is 7.55. The van der Waals surface area contributed by atoms with Gasteiger partial charge in [0.05, 0.1) is 11.0 Å². The molecular formula is C29H21N. The fourth-order valence-electron chi connectivity index (χ4n) is 4.69. The van der Waals surface area contributed by atoms with Gasteiger partial charge in [-0.2, -0.15) is 0 Å². The van der Waals surface area contributed by atoms with Crippen molar-refractivity contribution in [1.82, 2.24) is 4.57 Å². The quantitative estimate of drug-likeness (QED) is 0.286. The lowest BCUT2D eigenvalue weighted by Gasteiger charge is -2.12. The van der Waals surface area contributed by atoms with Crippen molar-refractivity contribution in [2.75, 3.05) is 0 Å². The minimum atomic E-state index is 1.19. The molecule has 0 aliphatic rings. The Morgan fingerprint density at radius 3 is 2.07 bits per heavy atom. The van der Waals surface area contributed by atoms with Gasteiger partial charge in [0.2, 0.25) is 0 Å². The molecule has 0 fully saturated rings. The zero-order valence-electron chi connectivity index (χ0n) is 16.8. The molecule has 0 unspecified atom stereocenters. The number of aromatic nitrogens is 1. The molecule has 0 bridgehead atoms. The van der Waals surface area contributed by atoms with E-state index in [1.807, 2.05) is 0 Å². The van der Waals surface area contributed by atoms with E-state index in [1.165, 1.54) is 55.0 Å². The lowest BCUT2D eigenvalue weighted by molar-refractivity contribution is 1.19. The minimum absolute atomic E-state index is 1.19. The standard InChI is InChI=1S/C29H21N/c1-20-8-2-4-10-24(20)22-14-17-23(18-15-22)30-28-13-7-6-12-26(28)27-19-16-21-9-3-5-11-25(21)29(27)30/h2-19H,1H3. The fraction of sp³-hybridized carbons (Fsp3) is 0.0345. The van der Waals surface area contributed by atoms with Crippen LogP contribution in [0.5, 0.6) is 0 Å². The molecular weight excluding hydrogens is 362 g/mol. The van der Waals surface area contributed by atoms with Crippen LogP contribution in [0.2, 0.25) is 0 Å². The first-order valence-corrected chi connectivity index (χ1v) is 10.4. The average Bonchev–Trinajstić information content (AvgIpc) is 3.15. The summed E-state index contributed by atoms with van der Waals surface area (Å²) in [7, 11) is 0. The highest BCUT2D eigenvalue weighted by atomic mass is 15.0. The third-order valence-electron chi connectivity index (χ3n) is 6.14. The van der Waals surface area contributed by atoms with Gasteiger partial charge >= 0.3 is 0 Å². The van der Waals surface area contributed by atoms with Crippen molar-refractivity contribution in [3.8, 4) is 16.8 Å². The molecule has 0 amide bonds. The van der Waals surface area contributed by atoms with Crippen LogP contribution in [0.15, 0.2) is 109 Å². The Hall–Kier alpha value is -3.84. The van der Waals surface area contributed by atoms with Crippen LogP contribution < -0.4 is 0 Å². The first-order chi connectivity index (χ1) is 14.8. The Balaban J connectivity index is 1.65. The molecule has 0 N–H and O–H groups in total. The average molecular weight is 383 g/mol. The fourth-order valence-corrected chi connectivity index (χ4v) is 4.69. The Kier molecular flexibility index (Phi) is 3.75. The number of rotatable bonds is 2. The van der Waals surface area contributed by atoms with Crippen LogP contribution in [0.4, 0.5) is 0 Å². The minimum Gasteiger partial charge on any atom is -0.309 e. The second-order valence-electron chi connectivity index (χ2n) is 7.90. The maximum absolute atomic E-state index is 2.41. The van der Waals surface area contributed by atoms with E-state index in [1.54, 1.807) is 0 Å². The number of benzene rings is 5. The van der Waals surface area contributed by atoms with E-state index >= 15 is 0 Å². The highest BCUT2D eigenvalue weighted by molar-refractivity contribution is 6.18. The number of hydrogen-bond acceptors (Lipinski definition) is 0. The molecule has 0 saturated carbocycles. The molecule has 0 atom stereocenters. The van der Waals surface area contributed by atoms with Gasteiger partial charge < -0.3 is 4.57 Å². The highest BCUT2D eigenvalue weighted by Gasteiger charge is 2.14. The first-order valence-electron chi connectivity index (χ1n) is 10.4. The molecule has 1 nitrogen and oxygen atoms in total. The zero-order chi connectivity index (χ0) is 20.1. The number of nitrogens with zero attached hydrogens (tertiary/aromatic N) is 1. The van der Waals surface area contributed by atoms with Crippen molar-refractivity contribution >= 4 is 32.6 Å². The monoisotopic (exact) mass is 383 g/mol. The molecule has 142 valence electrons. The van der Waals surface area contributed by atoms with Crippen LogP contribution in [-0.2, 0) is 0 Å². The molecule has 1 heteroatoms. The highest BCUT2D eigenvalue weighted by Crippen LogP contribution is 2.36. The van der Waals surface area contributed by atoms with Crippen LogP contribution >= 0.6 is 0 Å². The molecule has 6 rings (SSSR count). The van der Waals surface area contributed by atoms with E-state index in [4.69, 9.17) is 0 Å². The summed E-state index contributed by atoms with van der Waals surface area (Å²) in [6.07, 6.45) is 0. The Bertz CT molecular complexity index is 1530. The van der Waals surface area contributed by atoms with Gasteiger partial charge in [0.15, 0.2) is 0 Å². The first kappa shape index (κ1) is 17.1. The van der Waals surface area contributed by atoms with Crippen LogP contribution in [0.1, 0.15) is 5.56 Å². The smallest absolute Gasteiger partial charge is 0.0619 e. The van der Waals surface area contributed by atoms with Gasteiger partial charge in [0.25, 0.3) is 0 Å². The summed E-state index contributed by atoms with van der Waals surface area (Å²) in [5, 5.41) is 5.15. The molecule has 1 aromatic heterocycles. The number of fused-ring (bicyclic) bond motifs is 5. The van der Waals surface area contributed by atoms with Gasteiger partial charge in [-0.3, -0.25) is 0 Å². The summed E-state index contributed by atoms with van der Waals surface area (Å²) in [6, 6.07) is 39.4. The number of hydrogen-bond donors (Lipinski definition) is 0. The molecule has 0 aliphatic carbocycles. The van der Waals surface area contributed by atoms with Gasteiger partial charge in [-0.25, -0.2) is 0 Å². The van der Waals surface area contributed by atoms with Crippen molar-refractivity contribution in [3.05, 3.63) is 115 Å². The van der Waals surface area contributed by atoms with Gasteiger partial charge in [0, 0.05) is 21.8 Å².